The van der Waals surface area contributed by atoms with Crippen molar-refractivity contribution in [1.29, 1.82) is 0 Å². The summed E-state index contributed by atoms with van der Waals surface area (Å²) in [4.78, 5) is 0. The van der Waals surface area contributed by atoms with Gasteiger partial charge in [0.2, 0.25) is 0 Å². The molecule has 0 N–H and O–H groups in total. The first-order valence-corrected chi connectivity index (χ1v) is 7.85. The molecule has 0 radical (unpaired) electrons. The molecule has 0 unspecified atom stereocenters. The number of ether oxygens (including phenoxy) is 1. The molecule has 2 aliphatic rings. The Hall–Kier alpha value is -2.54. The van der Waals surface area contributed by atoms with E-state index in [1.165, 1.54) is 22.3 Å². The highest BCUT2D eigenvalue weighted by molar-refractivity contribution is 5.66. The van der Waals surface area contributed by atoms with Gasteiger partial charge in [-0.25, -0.2) is 0 Å². The minimum Gasteiger partial charge on any atom is -0.457 e. The van der Waals surface area contributed by atoms with Crippen LogP contribution >= 0.6 is 0 Å². The smallest absolute Gasteiger partial charge is 0.131 e. The molecular formula is C21H16O. The molecule has 0 saturated carbocycles. The van der Waals surface area contributed by atoms with Crippen molar-refractivity contribution in [3.8, 4) is 11.5 Å². The van der Waals surface area contributed by atoms with Gasteiger partial charge in [0, 0.05) is 11.1 Å². The average molecular weight is 284 g/mol. The first-order chi connectivity index (χ1) is 10.9. The van der Waals surface area contributed by atoms with Crippen LogP contribution in [-0.2, 0) is 11.8 Å². The molecule has 3 aromatic rings. The normalized spacial score (nSPS) is 16.5. The van der Waals surface area contributed by atoms with E-state index in [-0.39, 0.29) is 5.41 Å². The lowest BCUT2D eigenvalue weighted by Crippen LogP contribution is -2.30. The Balaban J connectivity index is 1.91. The number of rotatable bonds is 0. The molecule has 1 heteroatoms. The van der Waals surface area contributed by atoms with Crippen molar-refractivity contribution >= 4 is 0 Å². The monoisotopic (exact) mass is 284 g/mol. The van der Waals surface area contributed by atoms with Gasteiger partial charge < -0.3 is 4.74 Å². The number of aryl methyl sites for hydroxylation is 1. The summed E-state index contributed by atoms with van der Waals surface area (Å²) in [6.07, 6.45) is 2.24. The van der Waals surface area contributed by atoms with Crippen molar-refractivity contribution in [2.75, 3.05) is 0 Å². The van der Waals surface area contributed by atoms with Crippen molar-refractivity contribution in [2.24, 2.45) is 0 Å². The minimum absolute atomic E-state index is 0.0535. The molecule has 22 heavy (non-hydrogen) atoms. The second kappa shape index (κ2) is 4.23. The third kappa shape index (κ3) is 1.38. The molecule has 1 nitrogen and oxygen atoms in total. The fourth-order valence-corrected chi connectivity index (χ4v) is 4.25. The molecule has 0 saturated heterocycles. The fraction of sp³-hybridized carbons (Fsp3) is 0.143. The van der Waals surface area contributed by atoms with Gasteiger partial charge in [-0.15, -0.1) is 0 Å². The molecule has 0 aromatic heterocycles. The summed E-state index contributed by atoms with van der Waals surface area (Å²) in [6.45, 7) is 0. The zero-order chi connectivity index (χ0) is 14.6. The minimum atomic E-state index is -0.0535. The van der Waals surface area contributed by atoms with Crippen LogP contribution in [0, 0.1) is 0 Å². The third-order valence-corrected chi connectivity index (χ3v) is 5.16. The van der Waals surface area contributed by atoms with Gasteiger partial charge in [-0.3, -0.25) is 0 Å². The molecule has 1 aliphatic carbocycles. The highest BCUT2D eigenvalue weighted by Crippen LogP contribution is 2.57. The van der Waals surface area contributed by atoms with Crippen molar-refractivity contribution in [3.05, 3.63) is 95.1 Å². The van der Waals surface area contributed by atoms with Crippen LogP contribution in [0.4, 0.5) is 0 Å². The molecule has 3 aromatic carbocycles. The number of fused-ring (bicyclic) bond motifs is 6. The third-order valence-electron chi connectivity index (χ3n) is 5.16. The van der Waals surface area contributed by atoms with Gasteiger partial charge in [0.25, 0.3) is 0 Å². The maximum Gasteiger partial charge on any atom is 0.131 e. The van der Waals surface area contributed by atoms with Crippen LogP contribution in [0.3, 0.4) is 0 Å². The molecule has 106 valence electrons. The predicted octanol–water partition coefficient (Wildman–Crippen LogP) is 5.07. The Morgan fingerprint density at radius 3 is 1.86 bits per heavy atom. The lowest BCUT2D eigenvalue weighted by molar-refractivity contribution is 0.416. The van der Waals surface area contributed by atoms with Gasteiger partial charge in [0.1, 0.15) is 11.5 Å². The van der Waals surface area contributed by atoms with Gasteiger partial charge in [-0.1, -0.05) is 60.7 Å². The standard InChI is InChI=1S/C21H16O/c1-2-8-16-15(7-1)13-14-21(16)17-9-3-5-11-19(17)22-20-12-6-4-10-18(20)21/h1-12H,13-14H2. The van der Waals surface area contributed by atoms with Gasteiger partial charge in [0.15, 0.2) is 0 Å². The van der Waals surface area contributed by atoms with E-state index in [2.05, 4.69) is 72.8 Å². The molecular weight excluding hydrogens is 268 g/mol. The lowest BCUT2D eigenvalue weighted by Gasteiger charge is -2.38. The number of benzene rings is 3. The van der Waals surface area contributed by atoms with Crippen LogP contribution in [0.15, 0.2) is 72.8 Å². The Morgan fingerprint density at radius 2 is 1.18 bits per heavy atom. The van der Waals surface area contributed by atoms with Crippen LogP contribution in [0.25, 0.3) is 0 Å². The molecule has 0 bridgehead atoms. The van der Waals surface area contributed by atoms with Gasteiger partial charge in [-0.05, 0) is 36.1 Å². The zero-order valence-electron chi connectivity index (χ0n) is 12.3. The van der Waals surface area contributed by atoms with E-state index in [1.54, 1.807) is 0 Å². The molecule has 0 atom stereocenters. The topological polar surface area (TPSA) is 9.23 Å². The van der Waals surface area contributed by atoms with E-state index >= 15 is 0 Å². The average Bonchev–Trinajstić information content (AvgIpc) is 2.96. The highest BCUT2D eigenvalue weighted by Gasteiger charge is 2.47. The molecule has 5 rings (SSSR count). The Kier molecular flexibility index (Phi) is 2.32. The van der Waals surface area contributed by atoms with Crippen molar-refractivity contribution in [2.45, 2.75) is 18.3 Å². The molecule has 1 aliphatic heterocycles. The summed E-state index contributed by atoms with van der Waals surface area (Å²) in [7, 11) is 0. The molecule has 1 heterocycles. The Morgan fingerprint density at radius 1 is 0.636 bits per heavy atom. The van der Waals surface area contributed by atoms with Gasteiger partial charge in [-0.2, -0.15) is 0 Å². The van der Waals surface area contributed by atoms with Crippen LogP contribution in [0.2, 0.25) is 0 Å². The maximum atomic E-state index is 6.18. The van der Waals surface area contributed by atoms with E-state index < -0.39 is 0 Å². The van der Waals surface area contributed by atoms with E-state index in [1.807, 2.05) is 0 Å². The van der Waals surface area contributed by atoms with Gasteiger partial charge >= 0.3 is 0 Å². The zero-order valence-corrected chi connectivity index (χ0v) is 12.3. The Labute approximate surface area is 130 Å². The number of hydrogen-bond donors (Lipinski definition) is 0. The second-order valence-electron chi connectivity index (χ2n) is 6.16. The second-order valence-corrected chi connectivity index (χ2v) is 6.16. The van der Waals surface area contributed by atoms with Crippen molar-refractivity contribution in [3.63, 3.8) is 0 Å². The quantitative estimate of drug-likeness (QED) is 0.560. The first kappa shape index (κ1) is 12.0. The van der Waals surface area contributed by atoms with Gasteiger partial charge in [0.05, 0.1) is 5.41 Å². The summed E-state index contributed by atoms with van der Waals surface area (Å²) < 4.78 is 6.18. The SMILES string of the molecule is c1ccc2c(c1)CCC21c2ccccc2Oc2ccccc21. The van der Waals surface area contributed by atoms with Crippen LogP contribution in [0.5, 0.6) is 11.5 Å². The van der Waals surface area contributed by atoms with E-state index in [4.69, 9.17) is 4.74 Å². The fourth-order valence-electron chi connectivity index (χ4n) is 4.25. The highest BCUT2D eigenvalue weighted by atomic mass is 16.5. The molecule has 0 fully saturated rings. The summed E-state index contributed by atoms with van der Waals surface area (Å²) in [5.74, 6) is 2.00. The van der Waals surface area contributed by atoms with E-state index in [0.29, 0.717) is 0 Å². The maximum absolute atomic E-state index is 6.18. The first-order valence-electron chi connectivity index (χ1n) is 7.85. The van der Waals surface area contributed by atoms with Crippen LogP contribution < -0.4 is 4.74 Å². The summed E-state index contributed by atoms with van der Waals surface area (Å²) in [6, 6.07) is 25.9. The number of hydrogen-bond acceptors (Lipinski definition) is 1. The Bertz CT molecular complexity index is 833. The van der Waals surface area contributed by atoms with E-state index in [0.717, 1.165) is 24.3 Å². The summed E-state index contributed by atoms with van der Waals surface area (Å²) in [5.41, 5.74) is 5.46. The predicted molar refractivity (Wildman–Crippen MR) is 87.6 cm³/mol. The lowest BCUT2D eigenvalue weighted by atomic mass is 9.68. The van der Waals surface area contributed by atoms with E-state index in [9.17, 15) is 0 Å². The van der Waals surface area contributed by atoms with Crippen LogP contribution in [0.1, 0.15) is 28.7 Å². The van der Waals surface area contributed by atoms with Crippen molar-refractivity contribution < 1.29 is 4.74 Å². The summed E-state index contributed by atoms with van der Waals surface area (Å²) in [5, 5.41) is 0. The number of para-hydroxylation sites is 2. The van der Waals surface area contributed by atoms with Crippen LogP contribution in [-0.4, -0.2) is 0 Å². The molecule has 0 amide bonds. The van der Waals surface area contributed by atoms with Crippen molar-refractivity contribution in [1.82, 2.24) is 0 Å². The molecule has 1 spiro atoms. The largest absolute Gasteiger partial charge is 0.457 e. The summed E-state index contributed by atoms with van der Waals surface area (Å²) >= 11 is 0.